The van der Waals surface area contributed by atoms with E-state index < -0.39 is 0 Å². The van der Waals surface area contributed by atoms with Crippen LogP contribution in [0.5, 0.6) is 0 Å². The highest BCUT2D eigenvalue weighted by Gasteiger charge is 2.20. The van der Waals surface area contributed by atoms with Gasteiger partial charge in [0.1, 0.15) is 11.3 Å². The number of fused-ring (bicyclic) bond motifs is 1. The first kappa shape index (κ1) is 18.6. The number of aryl methyl sites for hydroxylation is 1. The van der Waals surface area contributed by atoms with E-state index in [4.69, 9.17) is 16.6 Å². The number of carbonyl (C=O) groups is 1. The minimum Gasteiger partial charge on any atom is -0.310 e. The summed E-state index contributed by atoms with van der Waals surface area (Å²) in [5, 5.41) is 0.556. The Balaban J connectivity index is 2.24. The summed E-state index contributed by atoms with van der Waals surface area (Å²) in [6, 6.07) is 7.77. The van der Waals surface area contributed by atoms with Gasteiger partial charge in [-0.05, 0) is 31.9 Å². The van der Waals surface area contributed by atoms with Gasteiger partial charge < -0.3 is 4.57 Å². The fourth-order valence-corrected chi connectivity index (χ4v) is 3.77. The second kappa shape index (κ2) is 7.58. The maximum absolute atomic E-state index is 11.6. The van der Waals surface area contributed by atoms with Crippen LogP contribution in [-0.4, -0.2) is 20.3 Å². The highest BCUT2D eigenvalue weighted by Crippen LogP contribution is 2.35. The molecule has 26 heavy (non-hydrogen) atoms. The van der Waals surface area contributed by atoms with Crippen molar-refractivity contribution in [1.29, 1.82) is 0 Å². The summed E-state index contributed by atoms with van der Waals surface area (Å²) < 4.78 is 2.27. The lowest BCUT2D eigenvalue weighted by atomic mass is 10.0. The Morgan fingerprint density at radius 2 is 1.88 bits per heavy atom. The zero-order valence-corrected chi connectivity index (χ0v) is 16.5. The van der Waals surface area contributed by atoms with Crippen molar-refractivity contribution in [1.82, 2.24) is 14.5 Å². The molecule has 0 fully saturated rings. The van der Waals surface area contributed by atoms with E-state index in [1.165, 1.54) is 0 Å². The summed E-state index contributed by atoms with van der Waals surface area (Å²) in [5.41, 5.74) is 4.21. The molecule has 0 bridgehead atoms. The van der Waals surface area contributed by atoms with E-state index in [9.17, 15) is 4.79 Å². The van der Waals surface area contributed by atoms with Crippen LogP contribution in [0.1, 0.15) is 62.8 Å². The number of nitrogens with zero attached hydrogens (tertiary/aromatic N) is 3. The van der Waals surface area contributed by atoms with Crippen LogP contribution in [0.3, 0.4) is 0 Å². The lowest BCUT2D eigenvalue weighted by molar-refractivity contribution is 0.101. The Morgan fingerprint density at radius 1 is 1.15 bits per heavy atom. The molecule has 0 amide bonds. The number of aromatic nitrogens is 3. The zero-order valence-electron chi connectivity index (χ0n) is 15.7. The van der Waals surface area contributed by atoms with Gasteiger partial charge in [-0.2, -0.15) is 0 Å². The Morgan fingerprint density at radius 3 is 2.46 bits per heavy atom. The average Bonchev–Trinajstić information content (AvgIpc) is 3.01. The van der Waals surface area contributed by atoms with E-state index in [2.05, 4.69) is 30.3 Å². The first-order valence-corrected chi connectivity index (χ1v) is 9.56. The summed E-state index contributed by atoms with van der Waals surface area (Å²) in [5.74, 6) is 1.05. The molecular weight excluding hydrogens is 346 g/mol. The summed E-state index contributed by atoms with van der Waals surface area (Å²) in [6.07, 6.45) is 4.74. The molecule has 0 saturated carbocycles. The Hall–Kier alpha value is -2.20. The molecule has 3 aromatic rings. The van der Waals surface area contributed by atoms with Gasteiger partial charge in [-0.25, -0.2) is 9.97 Å². The number of rotatable bonds is 6. The molecule has 0 aliphatic rings. The minimum atomic E-state index is 0.00426. The summed E-state index contributed by atoms with van der Waals surface area (Å²) >= 11 is 6.50. The Kier molecular flexibility index (Phi) is 5.42. The van der Waals surface area contributed by atoms with Gasteiger partial charge >= 0.3 is 0 Å². The van der Waals surface area contributed by atoms with E-state index >= 15 is 0 Å². The molecule has 0 spiro atoms. The topological polar surface area (TPSA) is 47.8 Å². The van der Waals surface area contributed by atoms with E-state index in [1.807, 2.05) is 24.4 Å². The first-order chi connectivity index (χ1) is 12.5. The van der Waals surface area contributed by atoms with Crippen LogP contribution in [-0.2, 0) is 6.42 Å². The fourth-order valence-electron chi connectivity index (χ4n) is 3.49. The van der Waals surface area contributed by atoms with Gasteiger partial charge in [-0.1, -0.05) is 44.5 Å². The van der Waals surface area contributed by atoms with E-state index in [-0.39, 0.29) is 5.78 Å². The molecule has 2 aromatic heterocycles. The van der Waals surface area contributed by atoms with E-state index in [0.29, 0.717) is 16.6 Å². The molecule has 5 heteroatoms. The predicted molar refractivity (Wildman–Crippen MR) is 107 cm³/mol. The Labute approximate surface area is 159 Å². The lowest BCUT2D eigenvalue weighted by Crippen LogP contribution is -2.11. The van der Waals surface area contributed by atoms with Crippen molar-refractivity contribution in [3.05, 3.63) is 46.9 Å². The number of pyridine rings is 1. The second-order valence-electron chi connectivity index (χ2n) is 6.50. The normalized spacial score (nSPS) is 11.5. The molecule has 0 radical (unpaired) electrons. The maximum atomic E-state index is 11.6. The van der Waals surface area contributed by atoms with Crippen LogP contribution >= 0.6 is 11.6 Å². The second-order valence-corrected chi connectivity index (χ2v) is 6.91. The smallest absolute Gasteiger partial charge is 0.160 e. The van der Waals surface area contributed by atoms with Gasteiger partial charge in [-0.15, -0.1) is 0 Å². The van der Waals surface area contributed by atoms with Crippen molar-refractivity contribution < 1.29 is 4.79 Å². The standard InChI is InChI=1S/C21H24ClN3O/c1-5-15(6-2)25-19(7-3)24-20-17(10-11-23-21(20)25)16-9-8-14(13(4)26)12-18(16)22/h8-12,15H,5-7H2,1-4H3. The number of halogens is 1. The molecular formula is C21H24ClN3O. The van der Waals surface area contributed by atoms with Gasteiger partial charge in [0.05, 0.1) is 0 Å². The number of imidazole rings is 1. The average molecular weight is 370 g/mol. The molecule has 0 unspecified atom stereocenters. The maximum Gasteiger partial charge on any atom is 0.160 e. The van der Waals surface area contributed by atoms with Crippen molar-refractivity contribution in [3.63, 3.8) is 0 Å². The summed E-state index contributed by atoms with van der Waals surface area (Å²) in [7, 11) is 0. The fraction of sp³-hybridized carbons (Fsp3) is 0.381. The number of Topliss-reactive ketones (excluding diaryl/α,β-unsaturated/α-hetero) is 1. The monoisotopic (exact) mass is 369 g/mol. The zero-order chi connectivity index (χ0) is 18.8. The molecule has 0 saturated heterocycles. The molecule has 2 heterocycles. The molecule has 3 rings (SSSR count). The van der Waals surface area contributed by atoms with Gasteiger partial charge in [0.15, 0.2) is 11.4 Å². The number of ketones is 1. The molecule has 4 nitrogen and oxygen atoms in total. The summed E-state index contributed by atoms with van der Waals surface area (Å²) in [4.78, 5) is 21.1. The van der Waals surface area contributed by atoms with Gasteiger partial charge in [0, 0.05) is 40.4 Å². The van der Waals surface area contributed by atoms with Crippen molar-refractivity contribution >= 4 is 28.5 Å². The predicted octanol–water partition coefficient (Wildman–Crippen LogP) is 5.88. The van der Waals surface area contributed by atoms with E-state index in [0.717, 1.165) is 47.4 Å². The number of benzene rings is 1. The van der Waals surface area contributed by atoms with Crippen LogP contribution < -0.4 is 0 Å². The Bertz CT molecular complexity index is 957. The van der Waals surface area contributed by atoms with Gasteiger partial charge in [0.25, 0.3) is 0 Å². The first-order valence-electron chi connectivity index (χ1n) is 9.18. The molecule has 0 atom stereocenters. The molecule has 136 valence electrons. The van der Waals surface area contributed by atoms with Crippen molar-refractivity contribution in [2.75, 3.05) is 0 Å². The van der Waals surface area contributed by atoms with Gasteiger partial charge in [-0.3, -0.25) is 4.79 Å². The van der Waals surface area contributed by atoms with Gasteiger partial charge in [0.2, 0.25) is 0 Å². The third-order valence-corrected chi connectivity index (χ3v) is 5.25. The van der Waals surface area contributed by atoms with Crippen LogP contribution in [0.2, 0.25) is 5.02 Å². The third-order valence-electron chi connectivity index (χ3n) is 4.94. The SMILES string of the molecule is CCc1nc2c(-c3ccc(C(C)=O)cc3Cl)ccnc2n1C(CC)CC. The van der Waals surface area contributed by atoms with Crippen LogP contribution in [0.25, 0.3) is 22.3 Å². The molecule has 0 aliphatic heterocycles. The lowest BCUT2D eigenvalue weighted by Gasteiger charge is -2.17. The highest BCUT2D eigenvalue weighted by atomic mass is 35.5. The van der Waals surface area contributed by atoms with Crippen LogP contribution in [0.4, 0.5) is 0 Å². The third kappa shape index (κ3) is 3.14. The largest absolute Gasteiger partial charge is 0.310 e. The quantitative estimate of drug-likeness (QED) is 0.510. The van der Waals surface area contributed by atoms with Crippen LogP contribution in [0, 0.1) is 0 Å². The highest BCUT2D eigenvalue weighted by molar-refractivity contribution is 6.34. The van der Waals surface area contributed by atoms with Crippen molar-refractivity contribution in [2.24, 2.45) is 0 Å². The minimum absolute atomic E-state index is 0.00426. The van der Waals surface area contributed by atoms with Crippen molar-refractivity contribution in [3.8, 4) is 11.1 Å². The molecule has 0 aliphatic carbocycles. The van der Waals surface area contributed by atoms with Crippen LogP contribution in [0.15, 0.2) is 30.5 Å². The molecule has 0 N–H and O–H groups in total. The number of hydrogen-bond acceptors (Lipinski definition) is 3. The van der Waals surface area contributed by atoms with E-state index in [1.54, 1.807) is 13.0 Å². The number of carbonyl (C=O) groups excluding carboxylic acids is 1. The summed E-state index contributed by atoms with van der Waals surface area (Å²) in [6.45, 7) is 8.05. The number of hydrogen-bond donors (Lipinski definition) is 0. The molecule has 1 aromatic carbocycles. The van der Waals surface area contributed by atoms with Crippen molar-refractivity contribution in [2.45, 2.75) is 53.0 Å².